The molecule has 0 spiro atoms. The topological polar surface area (TPSA) is 42.2 Å². The molecule has 3 nitrogen and oxygen atoms in total. The maximum absolute atomic E-state index is 12.9. The van der Waals surface area contributed by atoms with Crippen LogP contribution in [0.3, 0.4) is 0 Å². The van der Waals surface area contributed by atoms with Crippen molar-refractivity contribution < 1.29 is 9.21 Å². The van der Waals surface area contributed by atoms with Gasteiger partial charge in [0.25, 0.3) is 5.91 Å². The molecule has 0 aliphatic heterocycles. The maximum Gasteiger partial charge on any atom is 0.256 e. The smallest absolute Gasteiger partial charge is 0.256 e. The average molecular weight is 390 g/mol. The van der Waals surface area contributed by atoms with Crippen LogP contribution < -0.4 is 5.32 Å². The fourth-order valence-corrected chi connectivity index (χ4v) is 4.42. The SMILES string of the molecule is Cc1sc2cc(-c3ccccc3)oc2c1C(=O)NC(C)CCc1ccccc1. The van der Waals surface area contributed by atoms with Gasteiger partial charge in [0.15, 0.2) is 5.58 Å². The van der Waals surface area contributed by atoms with Crippen LogP contribution in [0.1, 0.15) is 34.1 Å². The van der Waals surface area contributed by atoms with Crippen LogP contribution in [0.4, 0.5) is 0 Å². The first-order chi connectivity index (χ1) is 13.6. The fraction of sp³-hybridized carbons (Fsp3) is 0.208. The minimum absolute atomic E-state index is 0.0572. The van der Waals surface area contributed by atoms with Crippen molar-refractivity contribution in [1.29, 1.82) is 0 Å². The van der Waals surface area contributed by atoms with E-state index in [1.165, 1.54) is 5.56 Å². The molecule has 0 aliphatic carbocycles. The molecule has 1 amide bonds. The summed E-state index contributed by atoms with van der Waals surface area (Å²) in [5.41, 5.74) is 3.66. The third-order valence-corrected chi connectivity index (χ3v) is 5.95. The summed E-state index contributed by atoms with van der Waals surface area (Å²) in [6, 6.07) is 22.4. The van der Waals surface area contributed by atoms with Crippen molar-refractivity contribution in [2.45, 2.75) is 32.7 Å². The number of carbonyl (C=O) groups is 1. The van der Waals surface area contributed by atoms with E-state index in [9.17, 15) is 4.79 Å². The first-order valence-corrected chi connectivity index (χ1v) is 10.4. The largest absolute Gasteiger partial charge is 0.454 e. The lowest BCUT2D eigenvalue weighted by atomic mass is 10.1. The molecular formula is C24H23NO2S. The van der Waals surface area contributed by atoms with E-state index in [0.29, 0.717) is 11.1 Å². The van der Waals surface area contributed by atoms with Gasteiger partial charge in [-0.15, -0.1) is 11.3 Å². The third kappa shape index (κ3) is 3.87. The number of hydrogen-bond acceptors (Lipinski definition) is 3. The summed E-state index contributed by atoms with van der Waals surface area (Å²) in [4.78, 5) is 13.9. The molecule has 0 saturated carbocycles. The van der Waals surface area contributed by atoms with Crippen LogP contribution in [0.5, 0.6) is 0 Å². The number of rotatable bonds is 6. The number of thiophene rings is 1. The second-order valence-electron chi connectivity index (χ2n) is 7.10. The summed E-state index contributed by atoms with van der Waals surface area (Å²) in [7, 11) is 0. The van der Waals surface area contributed by atoms with Crippen molar-refractivity contribution in [2.75, 3.05) is 0 Å². The molecule has 4 heteroatoms. The Morgan fingerprint density at radius 1 is 1.07 bits per heavy atom. The van der Waals surface area contributed by atoms with Crippen molar-refractivity contribution in [1.82, 2.24) is 5.32 Å². The number of nitrogens with one attached hydrogen (secondary N) is 1. The number of amides is 1. The van der Waals surface area contributed by atoms with Gasteiger partial charge in [-0.2, -0.15) is 0 Å². The minimum atomic E-state index is -0.0572. The lowest BCUT2D eigenvalue weighted by Crippen LogP contribution is -2.33. The number of hydrogen-bond donors (Lipinski definition) is 1. The third-order valence-electron chi connectivity index (χ3n) is 4.91. The molecule has 4 rings (SSSR count). The van der Waals surface area contributed by atoms with Gasteiger partial charge >= 0.3 is 0 Å². The van der Waals surface area contributed by atoms with Gasteiger partial charge in [0.05, 0.1) is 10.3 Å². The Bertz CT molecular complexity index is 1080. The van der Waals surface area contributed by atoms with Crippen LogP contribution in [0.25, 0.3) is 21.6 Å². The number of carbonyl (C=O) groups excluding carboxylic acids is 1. The Labute approximate surface area is 169 Å². The lowest BCUT2D eigenvalue weighted by Gasteiger charge is -2.14. The van der Waals surface area contributed by atoms with E-state index in [1.54, 1.807) is 11.3 Å². The predicted molar refractivity (Wildman–Crippen MR) is 116 cm³/mol. The molecule has 1 unspecified atom stereocenters. The minimum Gasteiger partial charge on any atom is -0.454 e. The normalized spacial score (nSPS) is 12.2. The molecule has 0 aliphatic rings. The predicted octanol–water partition coefficient (Wildman–Crippen LogP) is 6.22. The maximum atomic E-state index is 12.9. The summed E-state index contributed by atoms with van der Waals surface area (Å²) in [6.07, 6.45) is 1.84. The van der Waals surface area contributed by atoms with Gasteiger partial charge in [-0.25, -0.2) is 0 Å². The fourth-order valence-electron chi connectivity index (χ4n) is 3.40. The number of furan rings is 1. The lowest BCUT2D eigenvalue weighted by molar-refractivity contribution is 0.0939. The monoisotopic (exact) mass is 389 g/mol. The summed E-state index contributed by atoms with van der Waals surface area (Å²) in [5, 5.41) is 3.14. The van der Waals surface area contributed by atoms with Gasteiger partial charge in [0.1, 0.15) is 5.76 Å². The van der Waals surface area contributed by atoms with Crippen LogP contribution in [-0.4, -0.2) is 11.9 Å². The molecule has 28 heavy (non-hydrogen) atoms. The van der Waals surface area contributed by atoms with Gasteiger partial charge in [-0.1, -0.05) is 60.7 Å². The zero-order chi connectivity index (χ0) is 19.5. The zero-order valence-corrected chi connectivity index (χ0v) is 16.9. The average Bonchev–Trinajstić information content (AvgIpc) is 3.24. The van der Waals surface area contributed by atoms with E-state index in [4.69, 9.17) is 4.42 Å². The second-order valence-corrected chi connectivity index (χ2v) is 8.36. The molecule has 2 aromatic heterocycles. The quantitative estimate of drug-likeness (QED) is 0.425. The Kier molecular flexibility index (Phi) is 5.31. The molecule has 0 radical (unpaired) electrons. The van der Waals surface area contributed by atoms with Crippen molar-refractivity contribution >= 4 is 27.5 Å². The molecule has 1 atom stereocenters. The van der Waals surface area contributed by atoms with Crippen molar-refractivity contribution in [3.8, 4) is 11.3 Å². The highest BCUT2D eigenvalue weighted by atomic mass is 32.1. The molecule has 4 aromatic rings. The highest BCUT2D eigenvalue weighted by Crippen LogP contribution is 2.37. The summed E-state index contributed by atoms with van der Waals surface area (Å²) in [6.45, 7) is 4.03. The van der Waals surface area contributed by atoms with Crippen LogP contribution in [0, 0.1) is 6.92 Å². The molecule has 0 bridgehead atoms. The molecule has 0 fully saturated rings. The van der Waals surface area contributed by atoms with Gasteiger partial charge < -0.3 is 9.73 Å². The standard InChI is InChI=1S/C24H23NO2S/c1-16(13-14-18-9-5-3-6-10-18)25-24(26)22-17(2)28-21-15-20(27-23(21)22)19-11-7-4-8-12-19/h3-12,15-16H,13-14H2,1-2H3,(H,25,26). The van der Waals surface area contributed by atoms with Crippen LogP contribution in [-0.2, 0) is 6.42 Å². The zero-order valence-electron chi connectivity index (χ0n) is 16.1. The number of aryl methyl sites for hydroxylation is 2. The van der Waals surface area contributed by atoms with Gasteiger partial charge in [-0.05, 0) is 32.3 Å². The Balaban J connectivity index is 1.50. The number of benzene rings is 2. The number of fused-ring (bicyclic) bond motifs is 1. The van der Waals surface area contributed by atoms with Crippen LogP contribution in [0.15, 0.2) is 71.1 Å². The first kappa shape index (κ1) is 18.5. The Morgan fingerprint density at radius 2 is 1.75 bits per heavy atom. The van der Waals surface area contributed by atoms with E-state index >= 15 is 0 Å². The molecule has 2 heterocycles. The van der Waals surface area contributed by atoms with Gasteiger partial charge in [0.2, 0.25) is 0 Å². The molecule has 1 N–H and O–H groups in total. The Hall–Kier alpha value is -2.85. The van der Waals surface area contributed by atoms with E-state index in [0.717, 1.165) is 33.7 Å². The van der Waals surface area contributed by atoms with E-state index in [1.807, 2.05) is 61.5 Å². The molecular weight excluding hydrogens is 366 g/mol. The molecule has 142 valence electrons. The van der Waals surface area contributed by atoms with Gasteiger partial charge in [0, 0.05) is 22.5 Å². The molecule has 2 aromatic carbocycles. The Morgan fingerprint density at radius 3 is 2.46 bits per heavy atom. The van der Waals surface area contributed by atoms with Gasteiger partial charge in [-0.3, -0.25) is 4.79 Å². The first-order valence-electron chi connectivity index (χ1n) is 9.55. The highest BCUT2D eigenvalue weighted by molar-refractivity contribution is 7.19. The summed E-state index contributed by atoms with van der Waals surface area (Å²) < 4.78 is 7.10. The molecule has 0 saturated heterocycles. The van der Waals surface area contributed by atoms with Crippen molar-refractivity contribution in [3.63, 3.8) is 0 Å². The summed E-state index contributed by atoms with van der Waals surface area (Å²) in [5.74, 6) is 0.742. The van der Waals surface area contributed by atoms with Crippen molar-refractivity contribution in [2.24, 2.45) is 0 Å². The second kappa shape index (κ2) is 8.03. The van der Waals surface area contributed by atoms with E-state index in [-0.39, 0.29) is 11.9 Å². The highest BCUT2D eigenvalue weighted by Gasteiger charge is 2.22. The van der Waals surface area contributed by atoms with E-state index < -0.39 is 0 Å². The van der Waals surface area contributed by atoms with Crippen LogP contribution in [0.2, 0.25) is 0 Å². The van der Waals surface area contributed by atoms with Crippen LogP contribution >= 0.6 is 11.3 Å². The van der Waals surface area contributed by atoms with E-state index in [2.05, 4.69) is 24.4 Å². The summed E-state index contributed by atoms with van der Waals surface area (Å²) >= 11 is 1.61. The van der Waals surface area contributed by atoms with Crippen molar-refractivity contribution in [3.05, 3.63) is 82.7 Å².